The minimum absolute atomic E-state index is 0.0607. The molecule has 0 unspecified atom stereocenters. The molecule has 5 heteroatoms. The van der Waals surface area contributed by atoms with Gasteiger partial charge in [0.15, 0.2) is 0 Å². The highest BCUT2D eigenvalue weighted by atomic mass is 16.1. The summed E-state index contributed by atoms with van der Waals surface area (Å²) in [6.45, 7) is 8.06. The second-order valence-electron chi connectivity index (χ2n) is 8.46. The summed E-state index contributed by atoms with van der Waals surface area (Å²) in [5, 5.41) is 3.01. The van der Waals surface area contributed by atoms with Crippen molar-refractivity contribution in [2.45, 2.75) is 39.2 Å². The lowest BCUT2D eigenvalue weighted by atomic mass is 9.86. The Morgan fingerprint density at radius 3 is 2.34 bits per heavy atom. The van der Waals surface area contributed by atoms with E-state index < -0.39 is 0 Å². The van der Waals surface area contributed by atoms with Gasteiger partial charge in [-0.2, -0.15) is 0 Å². The zero-order chi connectivity index (χ0) is 20.4. The first-order chi connectivity index (χ1) is 13.9. The van der Waals surface area contributed by atoms with Crippen molar-refractivity contribution in [3.8, 4) is 0 Å². The van der Waals surface area contributed by atoms with E-state index in [0.717, 1.165) is 30.8 Å². The molecule has 2 heterocycles. The number of nitrogens with zero attached hydrogens (tertiary/aromatic N) is 3. The molecule has 29 heavy (non-hydrogen) atoms. The van der Waals surface area contributed by atoms with Gasteiger partial charge >= 0.3 is 0 Å². The molecule has 1 aliphatic heterocycles. The van der Waals surface area contributed by atoms with Gasteiger partial charge in [-0.3, -0.25) is 4.79 Å². The van der Waals surface area contributed by atoms with Crippen LogP contribution in [0, 0.1) is 0 Å². The number of hydrogen-bond acceptors (Lipinski definition) is 4. The van der Waals surface area contributed by atoms with Crippen LogP contribution in [0.15, 0.2) is 60.9 Å². The standard InChI is InChI=1S/C24H26N4O/c1-24(2,3)20-10-6-7-11-21(20)27-22(29)19-14-25-23(26-15-19)28-13-12-17-8-4-5-9-18(17)16-28/h4-11,14-15H,12-13,16H2,1-3H3,(H,27,29). The second-order valence-corrected chi connectivity index (χ2v) is 8.46. The highest BCUT2D eigenvalue weighted by molar-refractivity contribution is 6.04. The number of amides is 1. The molecule has 0 bridgehead atoms. The molecule has 5 nitrogen and oxygen atoms in total. The van der Waals surface area contributed by atoms with E-state index in [1.54, 1.807) is 12.4 Å². The predicted octanol–water partition coefficient (Wildman–Crippen LogP) is 4.59. The van der Waals surface area contributed by atoms with Crippen LogP contribution in [0.2, 0.25) is 0 Å². The number of carbonyl (C=O) groups is 1. The van der Waals surface area contributed by atoms with Crippen LogP contribution in [0.1, 0.15) is 47.8 Å². The van der Waals surface area contributed by atoms with E-state index in [-0.39, 0.29) is 11.3 Å². The molecule has 1 aromatic heterocycles. The maximum absolute atomic E-state index is 12.7. The molecule has 0 aliphatic carbocycles. The lowest BCUT2D eigenvalue weighted by Crippen LogP contribution is -2.31. The number of fused-ring (bicyclic) bond motifs is 1. The monoisotopic (exact) mass is 386 g/mol. The Bertz CT molecular complexity index is 1020. The quantitative estimate of drug-likeness (QED) is 0.715. The van der Waals surface area contributed by atoms with E-state index >= 15 is 0 Å². The molecule has 0 fully saturated rings. The minimum atomic E-state index is -0.197. The van der Waals surface area contributed by atoms with Crippen molar-refractivity contribution < 1.29 is 4.79 Å². The Morgan fingerprint density at radius 2 is 1.62 bits per heavy atom. The number of rotatable bonds is 3. The van der Waals surface area contributed by atoms with Gasteiger partial charge in [-0.05, 0) is 34.6 Å². The second kappa shape index (κ2) is 7.66. The number of aromatic nitrogens is 2. The maximum Gasteiger partial charge on any atom is 0.258 e. The summed E-state index contributed by atoms with van der Waals surface area (Å²) in [5.41, 5.74) is 5.00. The lowest BCUT2D eigenvalue weighted by Gasteiger charge is -2.28. The van der Waals surface area contributed by atoms with Gasteiger partial charge in [0.2, 0.25) is 5.95 Å². The predicted molar refractivity (Wildman–Crippen MR) is 116 cm³/mol. The molecule has 2 aromatic carbocycles. The Labute approximate surface area is 171 Å². The highest BCUT2D eigenvalue weighted by Crippen LogP contribution is 2.29. The SMILES string of the molecule is CC(C)(C)c1ccccc1NC(=O)c1cnc(N2CCc3ccccc3C2)nc1. The average Bonchev–Trinajstić information content (AvgIpc) is 2.73. The van der Waals surface area contributed by atoms with Crippen LogP contribution in [0.5, 0.6) is 0 Å². The molecule has 0 saturated carbocycles. The smallest absolute Gasteiger partial charge is 0.258 e. The van der Waals surface area contributed by atoms with Gasteiger partial charge in [0.05, 0.1) is 5.56 Å². The fourth-order valence-corrected chi connectivity index (χ4v) is 3.71. The summed E-state index contributed by atoms with van der Waals surface area (Å²) < 4.78 is 0. The lowest BCUT2D eigenvalue weighted by molar-refractivity contribution is 0.102. The molecule has 0 radical (unpaired) electrons. The molecule has 1 amide bonds. The highest BCUT2D eigenvalue weighted by Gasteiger charge is 2.20. The minimum Gasteiger partial charge on any atom is -0.336 e. The number of carbonyl (C=O) groups excluding carboxylic acids is 1. The first kappa shape index (κ1) is 19.1. The Balaban J connectivity index is 1.48. The summed E-state index contributed by atoms with van der Waals surface area (Å²) in [6.07, 6.45) is 4.20. The molecule has 148 valence electrons. The first-order valence-electron chi connectivity index (χ1n) is 9.96. The molecule has 0 spiro atoms. The third-order valence-electron chi connectivity index (χ3n) is 5.30. The topological polar surface area (TPSA) is 58.1 Å². The summed E-state index contributed by atoms with van der Waals surface area (Å²) in [7, 11) is 0. The van der Waals surface area contributed by atoms with Gasteiger partial charge in [0.1, 0.15) is 0 Å². The van der Waals surface area contributed by atoms with Crippen molar-refractivity contribution in [1.29, 1.82) is 0 Å². The van der Waals surface area contributed by atoms with Gasteiger partial charge < -0.3 is 10.2 Å². The fraction of sp³-hybridized carbons (Fsp3) is 0.292. The van der Waals surface area contributed by atoms with Crippen LogP contribution in [0.3, 0.4) is 0 Å². The molecular weight excluding hydrogens is 360 g/mol. The molecule has 1 aliphatic rings. The first-order valence-corrected chi connectivity index (χ1v) is 9.96. The van der Waals surface area contributed by atoms with Crippen LogP contribution in [-0.2, 0) is 18.4 Å². The van der Waals surface area contributed by atoms with Crippen molar-refractivity contribution in [3.63, 3.8) is 0 Å². The molecular formula is C24H26N4O. The number of para-hydroxylation sites is 1. The van der Waals surface area contributed by atoms with Crippen molar-refractivity contribution in [2.24, 2.45) is 0 Å². The van der Waals surface area contributed by atoms with Gasteiger partial charge in [0.25, 0.3) is 5.91 Å². The maximum atomic E-state index is 12.7. The normalized spacial score (nSPS) is 13.7. The van der Waals surface area contributed by atoms with Crippen LogP contribution >= 0.6 is 0 Å². The third kappa shape index (κ3) is 4.14. The molecule has 4 rings (SSSR count). The molecule has 0 saturated heterocycles. The summed E-state index contributed by atoms with van der Waals surface area (Å²) >= 11 is 0. The summed E-state index contributed by atoms with van der Waals surface area (Å²) in [5.74, 6) is 0.461. The Hall–Kier alpha value is -3.21. The fourth-order valence-electron chi connectivity index (χ4n) is 3.71. The average molecular weight is 386 g/mol. The van der Waals surface area contributed by atoms with Crippen LogP contribution in [0.25, 0.3) is 0 Å². The van der Waals surface area contributed by atoms with Crippen LogP contribution in [-0.4, -0.2) is 22.4 Å². The van der Waals surface area contributed by atoms with Gasteiger partial charge in [0, 0.05) is 31.2 Å². The van der Waals surface area contributed by atoms with E-state index in [0.29, 0.717) is 11.5 Å². The Kier molecular flexibility index (Phi) is 5.05. The van der Waals surface area contributed by atoms with Gasteiger partial charge in [-0.25, -0.2) is 9.97 Å². The van der Waals surface area contributed by atoms with Crippen molar-refractivity contribution in [1.82, 2.24) is 9.97 Å². The molecule has 3 aromatic rings. The van der Waals surface area contributed by atoms with Crippen LogP contribution in [0.4, 0.5) is 11.6 Å². The summed E-state index contributed by atoms with van der Waals surface area (Å²) in [6, 6.07) is 16.4. The van der Waals surface area contributed by atoms with E-state index in [1.807, 2.05) is 24.3 Å². The number of benzene rings is 2. The zero-order valence-electron chi connectivity index (χ0n) is 17.1. The Morgan fingerprint density at radius 1 is 0.966 bits per heavy atom. The van der Waals surface area contributed by atoms with Crippen molar-refractivity contribution in [3.05, 3.63) is 83.2 Å². The summed E-state index contributed by atoms with van der Waals surface area (Å²) in [4.78, 5) is 23.8. The van der Waals surface area contributed by atoms with E-state index in [4.69, 9.17) is 0 Å². The molecule has 1 N–H and O–H groups in total. The van der Waals surface area contributed by atoms with Gasteiger partial charge in [-0.15, -0.1) is 0 Å². The van der Waals surface area contributed by atoms with E-state index in [2.05, 4.69) is 65.2 Å². The zero-order valence-corrected chi connectivity index (χ0v) is 17.1. The van der Waals surface area contributed by atoms with Crippen molar-refractivity contribution in [2.75, 3.05) is 16.8 Å². The number of nitrogens with one attached hydrogen (secondary N) is 1. The molecule has 0 atom stereocenters. The largest absolute Gasteiger partial charge is 0.336 e. The number of hydrogen-bond donors (Lipinski definition) is 1. The van der Waals surface area contributed by atoms with E-state index in [1.165, 1.54) is 11.1 Å². The van der Waals surface area contributed by atoms with Crippen LogP contribution < -0.4 is 10.2 Å². The van der Waals surface area contributed by atoms with Gasteiger partial charge in [-0.1, -0.05) is 63.2 Å². The third-order valence-corrected chi connectivity index (χ3v) is 5.30. The van der Waals surface area contributed by atoms with E-state index in [9.17, 15) is 4.79 Å². The number of anilines is 2. The van der Waals surface area contributed by atoms with Crippen molar-refractivity contribution >= 4 is 17.5 Å².